The Morgan fingerprint density at radius 3 is 2.35 bits per heavy atom. The van der Waals surface area contributed by atoms with E-state index in [9.17, 15) is 14.4 Å². The van der Waals surface area contributed by atoms with Crippen molar-refractivity contribution >= 4 is 29.3 Å². The zero-order valence-electron chi connectivity index (χ0n) is 31.9. The van der Waals surface area contributed by atoms with Crippen LogP contribution in [0.3, 0.4) is 0 Å². The lowest BCUT2D eigenvalue weighted by Gasteiger charge is -2.29. The average Bonchev–Trinajstić information content (AvgIpc) is 3.68. The largest absolute Gasteiger partial charge is 0.478 e. The molecule has 12 nitrogen and oxygen atoms in total. The van der Waals surface area contributed by atoms with E-state index in [4.69, 9.17) is 9.47 Å². The number of halogens is 1. The van der Waals surface area contributed by atoms with Crippen molar-refractivity contribution in [2.24, 2.45) is 33.0 Å². The second-order valence-corrected chi connectivity index (χ2v) is 15.3. The van der Waals surface area contributed by atoms with Gasteiger partial charge in [-0.25, -0.2) is 19.2 Å². The Morgan fingerprint density at radius 1 is 0.981 bits per heavy atom. The predicted molar refractivity (Wildman–Crippen MR) is 206 cm³/mol. The van der Waals surface area contributed by atoms with Crippen molar-refractivity contribution in [2.45, 2.75) is 71.3 Å². The summed E-state index contributed by atoms with van der Waals surface area (Å²) in [6, 6.07) is 15.6. The number of Topliss-reactive ketones (excluding diaryl/α,β-unsaturated/α-hetero) is 1. The molecule has 1 aliphatic carbocycles. The highest BCUT2D eigenvalue weighted by molar-refractivity contribution is 6.01. The summed E-state index contributed by atoms with van der Waals surface area (Å²) >= 11 is 0. The number of pyridine rings is 1. The molecule has 2 aliphatic rings. The minimum atomic E-state index is -0.729. The molecule has 13 heteroatoms. The lowest BCUT2D eigenvalue weighted by molar-refractivity contribution is -0.129. The standard InChI is InChI=1S/C41H52FN7O5/c1-41(2,3)54-40(52)44-24-27-7-10-29(11-8-27)36(50)23-32(39(51)47-33-15-12-30(13-16-33)38-45-26-46-48-38)21-28-9-17-34(35(42)22-28)31-14-18-37(43-25-31)53-20-6-19-49(4)5/h9,12-18,22,25,27,29,32H,6-8,10-11,19-21,23-24,26H2,1-5H3,(H,44,52)(H,47,51)/t27?,29?,32-/m1/s1. The Bertz CT molecular complexity index is 1800. The van der Waals surface area contributed by atoms with Gasteiger partial charge in [-0.2, -0.15) is 5.11 Å². The first-order valence-electron chi connectivity index (χ1n) is 18.7. The van der Waals surface area contributed by atoms with Crippen LogP contribution in [0.1, 0.15) is 70.4 Å². The van der Waals surface area contributed by atoms with Crippen molar-refractivity contribution in [1.29, 1.82) is 0 Å². The van der Waals surface area contributed by atoms with E-state index in [1.54, 1.807) is 42.6 Å². The first-order chi connectivity index (χ1) is 25.8. The topological polar surface area (TPSA) is 147 Å². The number of nitrogens with one attached hydrogen (secondary N) is 2. The number of aliphatic imine (C=N–C) groups is 1. The molecule has 2 heterocycles. The van der Waals surface area contributed by atoms with Crippen LogP contribution in [0.4, 0.5) is 14.9 Å². The van der Waals surface area contributed by atoms with Crippen LogP contribution in [-0.2, 0) is 20.7 Å². The fourth-order valence-corrected chi connectivity index (χ4v) is 6.61. The number of ether oxygens (including phenoxy) is 2. The van der Waals surface area contributed by atoms with Crippen molar-refractivity contribution in [3.05, 3.63) is 77.7 Å². The van der Waals surface area contributed by atoms with Crippen LogP contribution in [0.15, 0.2) is 76.0 Å². The second kappa shape index (κ2) is 18.8. The molecule has 288 valence electrons. The minimum absolute atomic E-state index is 0.0147. The zero-order chi connectivity index (χ0) is 38.7. The van der Waals surface area contributed by atoms with Crippen LogP contribution < -0.4 is 15.4 Å². The SMILES string of the molecule is CN(C)CCCOc1ccc(-c2ccc(C[C@H](CC(=O)C3CCC(CNC(=O)OC(C)(C)C)CC3)C(=O)Nc3ccc(C4=NCN=N4)cc3)cc2F)cn1. The normalized spacial score (nSPS) is 17.5. The predicted octanol–water partition coefficient (Wildman–Crippen LogP) is 7.48. The molecule has 0 radical (unpaired) electrons. The lowest BCUT2D eigenvalue weighted by atomic mass is 9.77. The van der Waals surface area contributed by atoms with Gasteiger partial charge in [0.25, 0.3) is 0 Å². The number of aromatic nitrogens is 1. The highest BCUT2D eigenvalue weighted by Crippen LogP contribution is 2.32. The third-order valence-corrected chi connectivity index (χ3v) is 9.48. The Morgan fingerprint density at radius 2 is 1.72 bits per heavy atom. The summed E-state index contributed by atoms with van der Waals surface area (Å²) in [5, 5.41) is 13.7. The van der Waals surface area contributed by atoms with Crippen molar-refractivity contribution < 1.29 is 28.2 Å². The van der Waals surface area contributed by atoms with Gasteiger partial charge in [0, 0.05) is 66.0 Å². The van der Waals surface area contributed by atoms with Crippen LogP contribution in [0.25, 0.3) is 11.1 Å². The van der Waals surface area contributed by atoms with Crippen molar-refractivity contribution in [1.82, 2.24) is 15.2 Å². The number of hydrogen-bond acceptors (Lipinski definition) is 10. The Kier molecular flexibility index (Phi) is 14.0. The molecule has 1 atom stereocenters. The third-order valence-electron chi connectivity index (χ3n) is 9.48. The second-order valence-electron chi connectivity index (χ2n) is 15.3. The van der Waals surface area contributed by atoms with Gasteiger partial charge in [-0.05, 0) is 121 Å². The molecule has 0 saturated heterocycles. The highest BCUT2D eigenvalue weighted by Gasteiger charge is 2.31. The summed E-state index contributed by atoms with van der Waals surface area (Å²) in [6.45, 7) is 7.69. The van der Waals surface area contributed by atoms with Crippen LogP contribution in [0, 0.1) is 23.6 Å². The van der Waals surface area contributed by atoms with E-state index in [1.165, 1.54) is 6.07 Å². The monoisotopic (exact) mass is 741 g/mol. The molecule has 0 spiro atoms. The Labute approximate surface area is 317 Å². The molecule has 5 rings (SSSR count). The smallest absolute Gasteiger partial charge is 0.407 e. The van der Waals surface area contributed by atoms with Gasteiger partial charge >= 0.3 is 6.09 Å². The third kappa shape index (κ3) is 12.3. The van der Waals surface area contributed by atoms with Crippen molar-refractivity contribution in [2.75, 3.05) is 45.8 Å². The van der Waals surface area contributed by atoms with Crippen LogP contribution >= 0.6 is 0 Å². The van der Waals surface area contributed by atoms with E-state index in [-0.39, 0.29) is 36.4 Å². The average molecular weight is 742 g/mol. The number of ketones is 1. The van der Waals surface area contributed by atoms with Gasteiger partial charge in [-0.15, -0.1) is 5.11 Å². The van der Waals surface area contributed by atoms with Gasteiger partial charge in [0.15, 0.2) is 12.5 Å². The van der Waals surface area contributed by atoms with Crippen LogP contribution in [0.2, 0.25) is 0 Å². The number of hydrogen-bond donors (Lipinski definition) is 2. The van der Waals surface area contributed by atoms with Gasteiger partial charge in [-0.1, -0.05) is 12.1 Å². The molecule has 1 fully saturated rings. The van der Waals surface area contributed by atoms with Crippen molar-refractivity contribution in [3.63, 3.8) is 0 Å². The molecular formula is C41H52FN7O5. The molecule has 1 aliphatic heterocycles. The van der Waals surface area contributed by atoms with E-state index in [1.807, 2.05) is 47.0 Å². The maximum Gasteiger partial charge on any atom is 0.407 e. The number of amides is 2. The summed E-state index contributed by atoms with van der Waals surface area (Å²) < 4.78 is 26.7. The fraction of sp³-hybridized carbons (Fsp3) is 0.488. The van der Waals surface area contributed by atoms with Gasteiger partial charge in [0.1, 0.15) is 17.2 Å². The minimum Gasteiger partial charge on any atom is -0.478 e. The summed E-state index contributed by atoms with van der Waals surface area (Å²) in [5.74, 6) is -0.411. The number of nitrogens with zero attached hydrogens (tertiary/aromatic N) is 5. The zero-order valence-corrected chi connectivity index (χ0v) is 31.9. The molecule has 1 aromatic heterocycles. The molecule has 3 aromatic rings. The molecule has 0 bridgehead atoms. The molecule has 2 N–H and O–H groups in total. The number of alkyl carbamates (subject to hydrolysis) is 1. The highest BCUT2D eigenvalue weighted by atomic mass is 19.1. The van der Waals surface area contributed by atoms with Gasteiger partial charge in [0.2, 0.25) is 11.8 Å². The van der Waals surface area contributed by atoms with Gasteiger partial charge < -0.3 is 25.0 Å². The number of anilines is 1. The van der Waals surface area contributed by atoms with Crippen molar-refractivity contribution in [3.8, 4) is 17.0 Å². The summed E-state index contributed by atoms with van der Waals surface area (Å²) in [5.41, 5.74) is 2.37. The van der Waals surface area contributed by atoms with Crippen LogP contribution in [-0.4, -0.2) is 79.6 Å². The number of carbonyl (C=O) groups excluding carboxylic acids is 3. The molecule has 1 saturated carbocycles. The number of amidine groups is 1. The fourth-order valence-electron chi connectivity index (χ4n) is 6.61. The van der Waals surface area contributed by atoms with E-state index >= 15 is 4.39 Å². The van der Waals surface area contributed by atoms with Gasteiger partial charge in [-0.3, -0.25) is 9.59 Å². The number of benzene rings is 2. The van der Waals surface area contributed by atoms with E-state index in [2.05, 4.69) is 35.7 Å². The molecule has 54 heavy (non-hydrogen) atoms. The summed E-state index contributed by atoms with van der Waals surface area (Å²) in [4.78, 5) is 50.3. The van der Waals surface area contributed by atoms with E-state index in [0.29, 0.717) is 66.8 Å². The Balaban J connectivity index is 1.23. The van der Waals surface area contributed by atoms with E-state index < -0.39 is 23.4 Å². The van der Waals surface area contributed by atoms with Gasteiger partial charge in [0.05, 0.1) is 6.61 Å². The number of rotatable bonds is 16. The summed E-state index contributed by atoms with van der Waals surface area (Å²) in [7, 11) is 4.01. The molecule has 2 aromatic carbocycles. The summed E-state index contributed by atoms with van der Waals surface area (Å²) in [6.07, 6.45) is 5.12. The van der Waals surface area contributed by atoms with E-state index in [0.717, 1.165) is 31.4 Å². The maximum absolute atomic E-state index is 15.6. The van der Waals surface area contributed by atoms with Crippen LogP contribution in [0.5, 0.6) is 5.88 Å². The molecule has 2 amide bonds. The maximum atomic E-state index is 15.6. The molecular weight excluding hydrogens is 689 g/mol. The first-order valence-corrected chi connectivity index (χ1v) is 18.7. The lowest BCUT2D eigenvalue weighted by Crippen LogP contribution is -2.37. The quantitative estimate of drug-likeness (QED) is 0.145. The number of carbonyl (C=O) groups is 3. The number of azo groups is 1. The first kappa shape index (κ1) is 40.2. The Hall–Kier alpha value is -5.04. The molecule has 0 unspecified atom stereocenters.